The monoisotopic (exact) mass is 350 g/mol. The Bertz CT molecular complexity index is 1070. The van der Waals surface area contributed by atoms with E-state index in [1.165, 1.54) is 12.1 Å². The van der Waals surface area contributed by atoms with Crippen molar-refractivity contribution in [1.82, 2.24) is 0 Å². The van der Waals surface area contributed by atoms with Crippen LogP contribution >= 0.6 is 0 Å². The molecule has 1 saturated heterocycles. The van der Waals surface area contributed by atoms with Crippen molar-refractivity contribution in [3.63, 3.8) is 0 Å². The summed E-state index contributed by atoms with van der Waals surface area (Å²) in [6.45, 7) is 0. The lowest BCUT2D eigenvalue weighted by Gasteiger charge is -2.46. The second-order valence-corrected chi connectivity index (χ2v) is 7.51. The molecule has 3 aliphatic carbocycles. The summed E-state index contributed by atoms with van der Waals surface area (Å²) in [7, 11) is 0. The second-order valence-electron chi connectivity index (χ2n) is 7.51. The third-order valence-electron chi connectivity index (χ3n) is 6.33. The van der Waals surface area contributed by atoms with Crippen LogP contribution in [-0.4, -0.2) is 39.1 Å². The Labute approximate surface area is 147 Å². The number of hydrogen-bond acceptors (Lipinski definition) is 6. The number of carbonyl (C=O) groups excluding carboxylic acids is 2. The average molecular weight is 350 g/mol. The zero-order chi connectivity index (χ0) is 18.0. The summed E-state index contributed by atoms with van der Waals surface area (Å²) in [5, 5.41) is 32.3. The number of ketones is 2. The number of phenols is 2. The molecule has 6 heteroatoms. The molecule has 4 aliphatic rings. The van der Waals surface area contributed by atoms with E-state index in [2.05, 4.69) is 0 Å². The van der Waals surface area contributed by atoms with E-state index in [0.29, 0.717) is 22.3 Å². The van der Waals surface area contributed by atoms with E-state index < -0.39 is 23.7 Å². The third kappa shape index (κ3) is 1.40. The van der Waals surface area contributed by atoms with Gasteiger partial charge in [0.25, 0.3) is 0 Å². The third-order valence-corrected chi connectivity index (χ3v) is 6.33. The molecule has 2 aromatic rings. The molecule has 6 rings (SSSR count). The fourth-order valence-electron chi connectivity index (χ4n) is 5.24. The molecule has 1 heterocycles. The van der Waals surface area contributed by atoms with Crippen LogP contribution in [0, 0.1) is 0 Å². The highest BCUT2D eigenvalue weighted by Gasteiger charge is 2.65. The molecule has 0 amide bonds. The van der Waals surface area contributed by atoms with Gasteiger partial charge in [0.15, 0.2) is 11.6 Å². The maximum absolute atomic E-state index is 12.7. The van der Waals surface area contributed by atoms with Crippen molar-refractivity contribution in [2.24, 2.45) is 0 Å². The summed E-state index contributed by atoms with van der Waals surface area (Å²) < 4.78 is 5.59. The number of carbonyl (C=O) groups is 2. The molecule has 0 aromatic heterocycles. The zero-order valence-electron chi connectivity index (χ0n) is 13.5. The number of rotatable bonds is 0. The number of aromatic hydroxyl groups is 2. The van der Waals surface area contributed by atoms with E-state index in [1.54, 1.807) is 12.1 Å². The van der Waals surface area contributed by atoms with Crippen molar-refractivity contribution in [3.05, 3.63) is 46.5 Å². The predicted molar refractivity (Wildman–Crippen MR) is 88.4 cm³/mol. The smallest absolute Gasteiger partial charge is 0.198 e. The van der Waals surface area contributed by atoms with Crippen LogP contribution < -0.4 is 0 Å². The molecule has 0 radical (unpaired) electrons. The predicted octanol–water partition coefficient (Wildman–Crippen LogP) is 1.99. The van der Waals surface area contributed by atoms with Gasteiger partial charge in [0.2, 0.25) is 0 Å². The summed E-state index contributed by atoms with van der Waals surface area (Å²) in [6, 6.07) is 6.26. The Morgan fingerprint density at radius 1 is 1.00 bits per heavy atom. The van der Waals surface area contributed by atoms with Gasteiger partial charge in [0, 0.05) is 17.9 Å². The van der Waals surface area contributed by atoms with Crippen LogP contribution in [0.5, 0.6) is 11.5 Å². The number of phenolic OH excluding ortho intramolecular Hbond substituents is 2. The first-order chi connectivity index (χ1) is 12.4. The topological polar surface area (TPSA) is 107 Å². The van der Waals surface area contributed by atoms with Crippen molar-refractivity contribution in [1.29, 1.82) is 0 Å². The van der Waals surface area contributed by atoms with Crippen molar-refractivity contribution in [3.8, 4) is 22.6 Å². The summed E-state index contributed by atoms with van der Waals surface area (Å²) in [4.78, 5) is 25.1. The van der Waals surface area contributed by atoms with Crippen LogP contribution in [0.2, 0.25) is 0 Å². The molecule has 130 valence electrons. The largest absolute Gasteiger partial charge is 0.507 e. The molecule has 1 fully saturated rings. The van der Waals surface area contributed by atoms with Gasteiger partial charge in [-0.15, -0.1) is 0 Å². The second kappa shape index (κ2) is 4.16. The molecule has 2 aromatic carbocycles. The van der Waals surface area contributed by atoms with Crippen molar-refractivity contribution in [2.45, 2.75) is 36.6 Å². The molecule has 0 saturated carbocycles. The highest BCUT2D eigenvalue weighted by atomic mass is 16.6. The maximum atomic E-state index is 12.7. The maximum Gasteiger partial charge on any atom is 0.198 e. The average Bonchev–Trinajstić information content (AvgIpc) is 3.40. The minimum atomic E-state index is -1.42. The summed E-state index contributed by atoms with van der Waals surface area (Å²) in [5.41, 5.74) is 1.27. The molecule has 0 bridgehead atoms. The van der Waals surface area contributed by atoms with Crippen molar-refractivity contribution >= 4 is 11.6 Å². The minimum Gasteiger partial charge on any atom is -0.507 e. The molecular formula is C20H14O6. The van der Waals surface area contributed by atoms with Gasteiger partial charge < -0.3 is 20.1 Å². The fourth-order valence-corrected chi connectivity index (χ4v) is 5.24. The number of aliphatic hydroxyl groups is 1. The number of epoxide rings is 1. The molecule has 26 heavy (non-hydrogen) atoms. The van der Waals surface area contributed by atoms with Gasteiger partial charge in [0.05, 0.1) is 11.1 Å². The van der Waals surface area contributed by atoms with Crippen LogP contribution in [0.25, 0.3) is 11.1 Å². The molecular weight excluding hydrogens is 336 g/mol. The fraction of sp³-hybridized carbons (Fsp3) is 0.300. The van der Waals surface area contributed by atoms with Crippen LogP contribution in [0.3, 0.4) is 0 Å². The van der Waals surface area contributed by atoms with Gasteiger partial charge in [-0.2, -0.15) is 0 Å². The van der Waals surface area contributed by atoms with Gasteiger partial charge in [-0.25, -0.2) is 0 Å². The molecule has 4 atom stereocenters. The van der Waals surface area contributed by atoms with E-state index in [1.807, 2.05) is 0 Å². The Balaban J connectivity index is 1.80. The van der Waals surface area contributed by atoms with Gasteiger partial charge in [0.1, 0.15) is 29.3 Å². The number of benzene rings is 2. The van der Waals surface area contributed by atoms with Gasteiger partial charge in [-0.3, -0.25) is 9.59 Å². The van der Waals surface area contributed by atoms with E-state index in [9.17, 15) is 24.9 Å². The van der Waals surface area contributed by atoms with Crippen molar-refractivity contribution < 1.29 is 29.6 Å². The molecule has 3 N–H and O–H groups in total. The normalized spacial score (nSPS) is 32.6. The zero-order valence-corrected chi connectivity index (χ0v) is 13.5. The van der Waals surface area contributed by atoms with Crippen LogP contribution in [0.15, 0.2) is 24.3 Å². The lowest BCUT2D eigenvalue weighted by atomic mass is 9.58. The van der Waals surface area contributed by atoms with E-state index in [-0.39, 0.29) is 47.0 Å². The van der Waals surface area contributed by atoms with E-state index in [4.69, 9.17) is 4.74 Å². The minimum absolute atomic E-state index is 0.103. The number of fused-ring (bicyclic) bond motifs is 4. The van der Waals surface area contributed by atoms with E-state index in [0.717, 1.165) is 0 Å². The van der Waals surface area contributed by atoms with Crippen LogP contribution in [0.4, 0.5) is 0 Å². The van der Waals surface area contributed by atoms with Gasteiger partial charge >= 0.3 is 0 Å². The molecule has 0 unspecified atom stereocenters. The van der Waals surface area contributed by atoms with Gasteiger partial charge in [-0.1, -0.05) is 12.1 Å². The van der Waals surface area contributed by atoms with Crippen LogP contribution in [0.1, 0.15) is 50.6 Å². The summed E-state index contributed by atoms with van der Waals surface area (Å²) >= 11 is 0. The first-order valence-electron chi connectivity index (χ1n) is 8.61. The highest BCUT2D eigenvalue weighted by Crippen LogP contribution is 2.63. The molecule has 0 spiro atoms. The summed E-state index contributed by atoms with van der Waals surface area (Å²) in [6.07, 6.45) is -0.851. The molecule has 6 nitrogen and oxygen atoms in total. The standard InChI is InChI=1S/C20H14O6/c21-9-4-2-8-7-1-3-10(22)14-12(7)16(18-19(26-18)17(14)24)20(25)6-5-11(23)13(9)15(8)20/h1-4,16,18-19,21-22,25H,5-6H2/t16-,18+,19-,20-/m0/s1. The lowest BCUT2D eigenvalue weighted by molar-refractivity contribution is -0.0177. The van der Waals surface area contributed by atoms with E-state index >= 15 is 0 Å². The first-order valence-corrected chi connectivity index (χ1v) is 8.61. The summed E-state index contributed by atoms with van der Waals surface area (Å²) in [5.74, 6) is -1.28. The SMILES string of the molecule is O=C1CC[C@]2(O)c3c(ccc(O)c31)-c1ccc(O)c3c1[C@H]2[C@H]1O[C@H]1C3=O. The number of Topliss-reactive ketones (excluding diaryl/α,β-unsaturated/α-hetero) is 2. The quantitative estimate of drug-likeness (QED) is 0.627. The van der Waals surface area contributed by atoms with Gasteiger partial charge in [-0.05, 0) is 35.2 Å². The Hall–Kier alpha value is -2.70. The number of hydrogen-bond donors (Lipinski definition) is 3. The Morgan fingerprint density at radius 3 is 2.46 bits per heavy atom. The number of ether oxygens (including phenoxy) is 1. The Kier molecular flexibility index (Phi) is 2.32. The Morgan fingerprint density at radius 2 is 1.69 bits per heavy atom. The molecule has 1 aliphatic heterocycles. The first kappa shape index (κ1) is 14.5. The lowest BCUT2D eigenvalue weighted by Crippen LogP contribution is -2.46. The van der Waals surface area contributed by atoms with Crippen molar-refractivity contribution in [2.75, 3.05) is 0 Å². The highest BCUT2D eigenvalue weighted by molar-refractivity contribution is 6.10. The van der Waals surface area contributed by atoms with Crippen LogP contribution in [-0.2, 0) is 10.3 Å².